The topological polar surface area (TPSA) is 0 Å². The van der Waals surface area contributed by atoms with Crippen molar-refractivity contribution in [2.45, 2.75) is 18.6 Å². The van der Waals surface area contributed by atoms with Gasteiger partial charge in [-0.1, -0.05) is 24.8 Å². The summed E-state index contributed by atoms with van der Waals surface area (Å²) in [5, 5.41) is 1.59. The Morgan fingerprint density at radius 2 is 1.67 bits per heavy atom. The molecule has 0 atom stereocenters. The zero-order chi connectivity index (χ0) is 5.21. The Balaban J connectivity index is 3.45. The molecule has 6 heavy (non-hydrogen) atoms. The van der Waals surface area contributed by atoms with Gasteiger partial charge in [-0.2, -0.15) is 0 Å². The zero-order valence-corrected chi connectivity index (χ0v) is 5.53. The van der Waals surface area contributed by atoms with E-state index in [1.165, 1.54) is 0 Å². The van der Waals surface area contributed by atoms with Crippen molar-refractivity contribution in [3.8, 4) is 0 Å². The van der Waals surface area contributed by atoms with Gasteiger partial charge in [-0.25, -0.2) is 0 Å². The molecule has 1 radical (unpaired) electrons. The van der Waals surface area contributed by atoms with Crippen LogP contribution in [-0.2, 0) is 0 Å². The van der Waals surface area contributed by atoms with Crippen molar-refractivity contribution in [1.29, 1.82) is 0 Å². The van der Waals surface area contributed by atoms with Gasteiger partial charge in [0.15, 0.2) is 0 Å². The molecule has 0 saturated heterocycles. The highest BCUT2D eigenvalue weighted by atomic mass is 32.1. The predicted molar refractivity (Wildman–Crippen MR) is 35.3 cm³/mol. The van der Waals surface area contributed by atoms with Crippen LogP contribution >= 0.6 is 24.8 Å². The van der Waals surface area contributed by atoms with Crippen molar-refractivity contribution in [2.24, 2.45) is 0 Å². The van der Waals surface area contributed by atoms with Gasteiger partial charge in [-0.05, 0) is 19.2 Å². The monoisotopic (exact) mass is 119 g/mol. The average molecular weight is 119 g/mol. The zero-order valence-electron chi connectivity index (χ0n) is 3.89. The standard InChI is InChI=1S/C4H7S2/c1-4(2,6)3-5/h3H,1-2H3. The molecule has 0 unspecified atom stereocenters. The minimum absolute atomic E-state index is 0.185. The maximum Gasteiger partial charge on any atom is 0.0488 e. The summed E-state index contributed by atoms with van der Waals surface area (Å²) in [7, 11) is 0. The van der Waals surface area contributed by atoms with E-state index in [0.29, 0.717) is 0 Å². The average Bonchev–Trinajstić information content (AvgIpc) is 1.35. The number of hydrogen-bond acceptors (Lipinski definition) is 1. The molecular weight excluding hydrogens is 112 g/mol. The Morgan fingerprint density at radius 3 is 1.67 bits per heavy atom. The fourth-order valence-corrected chi connectivity index (χ4v) is 0. The second-order valence-corrected chi connectivity index (χ2v) is 3.01. The van der Waals surface area contributed by atoms with Crippen LogP contribution in [0.2, 0.25) is 0 Å². The van der Waals surface area contributed by atoms with Crippen molar-refractivity contribution < 1.29 is 0 Å². The van der Waals surface area contributed by atoms with Gasteiger partial charge in [0.2, 0.25) is 0 Å². The van der Waals surface area contributed by atoms with E-state index in [2.05, 4.69) is 12.2 Å². The van der Waals surface area contributed by atoms with E-state index in [4.69, 9.17) is 12.6 Å². The quantitative estimate of drug-likeness (QED) is 0.475. The van der Waals surface area contributed by atoms with Crippen LogP contribution in [0.15, 0.2) is 0 Å². The molecule has 0 aromatic carbocycles. The molecule has 0 aromatic rings. The summed E-state index contributed by atoms with van der Waals surface area (Å²) >= 11 is 9.39. The second-order valence-electron chi connectivity index (χ2n) is 1.72. The third-order valence-electron chi connectivity index (χ3n) is 0.284. The van der Waals surface area contributed by atoms with E-state index in [-0.39, 0.29) is 4.75 Å². The van der Waals surface area contributed by atoms with Crippen molar-refractivity contribution in [1.82, 2.24) is 0 Å². The summed E-state index contributed by atoms with van der Waals surface area (Å²) in [5.41, 5.74) is 0. The first-order chi connectivity index (χ1) is 2.56. The molecule has 0 nitrogen and oxygen atoms in total. The summed E-state index contributed by atoms with van der Waals surface area (Å²) in [4.78, 5) is 0. The molecule has 0 aliphatic carbocycles. The fraction of sp³-hybridized carbons (Fsp3) is 0.750. The van der Waals surface area contributed by atoms with Crippen LogP contribution in [0, 0.1) is 0 Å². The Labute approximate surface area is 49.3 Å². The van der Waals surface area contributed by atoms with Gasteiger partial charge >= 0.3 is 0 Å². The van der Waals surface area contributed by atoms with E-state index >= 15 is 0 Å². The van der Waals surface area contributed by atoms with E-state index in [1.54, 1.807) is 5.37 Å². The second kappa shape index (κ2) is 1.94. The lowest BCUT2D eigenvalue weighted by atomic mass is 10.3. The van der Waals surface area contributed by atoms with E-state index < -0.39 is 0 Å². The molecule has 0 aliphatic rings. The van der Waals surface area contributed by atoms with Gasteiger partial charge in [0.1, 0.15) is 0 Å². The lowest BCUT2D eigenvalue weighted by molar-refractivity contribution is 0.998. The first-order valence-electron chi connectivity index (χ1n) is 1.73. The van der Waals surface area contributed by atoms with Gasteiger partial charge < -0.3 is 0 Å². The summed E-state index contributed by atoms with van der Waals surface area (Å²) in [6.45, 7) is 3.80. The number of rotatable bonds is 1. The van der Waals surface area contributed by atoms with Crippen LogP contribution in [-0.4, -0.2) is 10.1 Å². The fourth-order valence-electron chi connectivity index (χ4n) is 0. The molecular formula is C4H7S2. The highest BCUT2D eigenvalue weighted by molar-refractivity contribution is 7.86. The minimum atomic E-state index is -0.185. The van der Waals surface area contributed by atoms with Crippen molar-refractivity contribution in [3.63, 3.8) is 0 Å². The van der Waals surface area contributed by atoms with Gasteiger partial charge in [0.05, 0.1) is 0 Å². The minimum Gasteiger partial charge on any atom is -0.0919 e. The summed E-state index contributed by atoms with van der Waals surface area (Å²) in [6, 6.07) is 0. The van der Waals surface area contributed by atoms with Crippen molar-refractivity contribution >= 4 is 30.2 Å². The molecule has 0 N–H and O–H groups in total. The van der Waals surface area contributed by atoms with E-state index in [9.17, 15) is 0 Å². The molecule has 0 spiro atoms. The van der Waals surface area contributed by atoms with Crippen LogP contribution in [0.5, 0.6) is 0 Å². The summed E-state index contributed by atoms with van der Waals surface area (Å²) in [6.07, 6.45) is 0. The molecule has 0 fully saturated rings. The maximum absolute atomic E-state index is 4.83. The molecule has 0 aliphatic heterocycles. The summed E-state index contributed by atoms with van der Waals surface area (Å²) in [5.74, 6) is 0. The van der Waals surface area contributed by atoms with Crippen molar-refractivity contribution in [2.75, 3.05) is 0 Å². The first kappa shape index (κ1) is 6.44. The largest absolute Gasteiger partial charge is 0.0919 e. The molecule has 0 amide bonds. The lowest BCUT2D eigenvalue weighted by Crippen LogP contribution is -2.08. The van der Waals surface area contributed by atoms with Gasteiger partial charge in [-0.15, -0.1) is 0 Å². The molecule has 0 rings (SSSR count). The molecule has 35 valence electrons. The molecule has 0 aromatic heterocycles. The Kier molecular flexibility index (Phi) is 2.08. The number of thiocarbonyl (C=S) groups is 1. The molecule has 0 bridgehead atoms. The Morgan fingerprint density at radius 1 is 1.50 bits per heavy atom. The van der Waals surface area contributed by atoms with E-state index in [1.807, 2.05) is 13.8 Å². The van der Waals surface area contributed by atoms with Gasteiger partial charge in [-0.3, -0.25) is 0 Å². The third-order valence-corrected chi connectivity index (χ3v) is 1.14. The van der Waals surface area contributed by atoms with Crippen LogP contribution in [0.4, 0.5) is 0 Å². The SMILES string of the molecule is CC(C)([S])C=S. The maximum atomic E-state index is 4.83. The molecule has 0 heterocycles. The summed E-state index contributed by atoms with van der Waals surface area (Å²) < 4.78 is -0.185. The first-order valence-corrected chi connectivity index (χ1v) is 2.61. The highest BCUT2D eigenvalue weighted by Gasteiger charge is 2.04. The van der Waals surface area contributed by atoms with E-state index in [0.717, 1.165) is 0 Å². The highest BCUT2D eigenvalue weighted by Crippen LogP contribution is 2.06. The number of hydrogen-bond donors (Lipinski definition) is 0. The smallest absolute Gasteiger partial charge is 0.0488 e. The van der Waals surface area contributed by atoms with Gasteiger partial charge in [0, 0.05) is 4.75 Å². The van der Waals surface area contributed by atoms with Crippen molar-refractivity contribution in [3.05, 3.63) is 0 Å². The normalized spacial score (nSPS) is 11.2. The molecule has 0 saturated carbocycles. The Bertz CT molecular complexity index is 51.1. The molecule has 2 heteroatoms. The predicted octanol–water partition coefficient (Wildman–Crippen LogP) is 1.96. The lowest BCUT2D eigenvalue weighted by Gasteiger charge is -2.03. The van der Waals surface area contributed by atoms with Crippen LogP contribution in [0.1, 0.15) is 13.8 Å². The third kappa shape index (κ3) is 4.44. The van der Waals surface area contributed by atoms with Crippen LogP contribution in [0.3, 0.4) is 0 Å². The van der Waals surface area contributed by atoms with Crippen LogP contribution in [0.25, 0.3) is 0 Å². The Hall–Kier alpha value is 0.440. The van der Waals surface area contributed by atoms with Gasteiger partial charge in [0.25, 0.3) is 0 Å². The van der Waals surface area contributed by atoms with Crippen LogP contribution < -0.4 is 0 Å².